The molecule has 170 valence electrons. The van der Waals surface area contributed by atoms with Crippen LogP contribution >= 0.6 is 0 Å². The summed E-state index contributed by atoms with van der Waals surface area (Å²) in [6.07, 6.45) is 0. The fourth-order valence-electron chi connectivity index (χ4n) is 2.87. The maximum absolute atomic E-state index is 11.8. The summed E-state index contributed by atoms with van der Waals surface area (Å²) in [6.45, 7) is 0.475. The Morgan fingerprint density at radius 2 is 1.77 bits per heavy atom. The lowest BCUT2D eigenvalue weighted by Crippen LogP contribution is -2.48. The molecule has 0 amide bonds. The van der Waals surface area contributed by atoms with Gasteiger partial charge in [0.15, 0.2) is 0 Å². The second kappa shape index (κ2) is 10.3. The van der Waals surface area contributed by atoms with Crippen LogP contribution in [0.4, 0.5) is 17.1 Å². The molecule has 0 spiro atoms. The zero-order chi connectivity index (χ0) is 23.1. The van der Waals surface area contributed by atoms with Crippen molar-refractivity contribution in [2.75, 3.05) is 57.8 Å². The van der Waals surface area contributed by atoms with Gasteiger partial charge in [-0.1, -0.05) is 0 Å². The molecule has 0 radical (unpaired) electrons. The van der Waals surface area contributed by atoms with Crippen LogP contribution in [-0.4, -0.2) is 93.8 Å². The van der Waals surface area contributed by atoms with Gasteiger partial charge in [0.05, 0.1) is 41.6 Å². The summed E-state index contributed by atoms with van der Waals surface area (Å²) in [5, 5.41) is 56.5. The highest BCUT2D eigenvalue weighted by atomic mass is 16.7. The van der Waals surface area contributed by atoms with Crippen LogP contribution in [0.15, 0.2) is 17.4 Å². The molecule has 1 heterocycles. The number of hydrogen-bond acceptors (Lipinski definition) is 11. The number of carboxylic acids is 1. The number of nitro groups is 2. The van der Waals surface area contributed by atoms with Crippen LogP contribution in [0.3, 0.4) is 0 Å². The average Bonchev–Trinajstić information content (AvgIpc) is 2.71. The van der Waals surface area contributed by atoms with E-state index in [1.165, 1.54) is 7.05 Å². The van der Waals surface area contributed by atoms with E-state index in [0.29, 0.717) is 13.1 Å². The van der Waals surface area contributed by atoms with Gasteiger partial charge in [0.2, 0.25) is 11.0 Å². The van der Waals surface area contributed by atoms with E-state index in [1.807, 2.05) is 0 Å². The predicted molar refractivity (Wildman–Crippen MR) is 102 cm³/mol. The number of hydrogen-bond donors (Lipinski definition) is 2. The fraction of sp³-hybridized carbons (Fsp3) is 0.533. The summed E-state index contributed by atoms with van der Waals surface area (Å²) >= 11 is 0. The zero-order valence-electron chi connectivity index (χ0n) is 16.5. The van der Waals surface area contributed by atoms with Crippen LogP contribution in [0.2, 0.25) is 0 Å². The standard InChI is InChI=1S/C15H21N7O9/c1-17(6-7-23)22(30)16-31-14-9-11(12(20(26)27)8-13(14)21(28)29)19-4-2-18(3-5-19)10-15(24)25/h8-9,23H,2-7,10H2,1H3,(H,24,25)/b22-16-. The Hall–Kier alpha value is -3.79. The first-order valence-electron chi connectivity index (χ1n) is 8.97. The quantitative estimate of drug-likeness (QED) is 0.209. The largest absolute Gasteiger partial charge is 0.569 e. The summed E-state index contributed by atoms with van der Waals surface area (Å²) in [5.41, 5.74) is -1.29. The van der Waals surface area contributed by atoms with Gasteiger partial charge < -0.3 is 20.3 Å². The number of carboxylic acid groups (broad SMARTS) is 1. The highest BCUT2D eigenvalue weighted by Gasteiger charge is 2.31. The molecule has 1 aliphatic heterocycles. The Bertz CT molecular complexity index is 871. The van der Waals surface area contributed by atoms with Gasteiger partial charge in [-0.05, 0) is 0 Å². The molecule has 1 fully saturated rings. The van der Waals surface area contributed by atoms with Gasteiger partial charge in [-0.15, -0.1) is 5.01 Å². The molecule has 0 aliphatic carbocycles. The first kappa shape index (κ1) is 23.5. The molecule has 0 unspecified atom stereocenters. The third-order valence-corrected chi connectivity index (χ3v) is 4.45. The molecule has 2 rings (SSSR count). The van der Waals surface area contributed by atoms with E-state index in [0.717, 1.165) is 17.1 Å². The van der Waals surface area contributed by atoms with E-state index in [-0.39, 0.29) is 43.4 Å². The lowest BCUT2D eigenvalue weighted by Gasteiger charge is -2.34. The topological polar surface area (TPSA) is 201 Å². The number of rotatable bonds is 10. The Labute approximate surface area is 174 Å². The first-order valence-corrected chi connectivity index (χ1v) is 8.97. The van der Waals surface area contributed by atoms with Crippen molar-refractivity contribution in [3.63, 3.8) is 0 Å². The van der Waals surface area contributed by atoms with Gasteiger partial charge in [0, 0.05) is 32.2 Å². The minimum absolute atomic E-state index is 0.0111. The summed E-state index contributed by atoms with van der Waals surface area (Å²) in [4.78, 5) is 40.1. The van der Waals surface area contributed by atoms with Gasteiger partial charge in [0.25, 0.3) is 5.69 Å². The maximum Gasteiger partial charge on any atom is 0.321 e. The molecule has 2 N–H and O–H groups in total. The number of nitrogens with zero attached hydrogens (tertiary/aromatic N) is 7. The van der Waals surface area contributed by atoms with Gasteiger partial charge in [-0.25, -0.2) is 0 Å². The maximum atomic E-state index is 11.8. The summed E-state index contributed by atoms with van der Waals surface area (Å²) in [5.74, 6) is -1.49. The Morgan fingerprint density at radius 1 is 1.16 bits per heavy atom. The van der Waals surface area contributed by atoms with Crippen molar-refractivity contribution >= 4 is 23.0 Å². The number of benzene rings is 1. The van der Waals surface area contributed by atoms with E-state index < -0.39 is 32.9 Å². The average molecular weight is 443 g/mol. The minimum Gasteiger partial charge on any atom is -0.569 e. The molecular formula is C15H21N7O9. The molecule has 1 saturated heterocycles. The molecule has 0 bridgehead atoms. The Kier molecular flexibility index (Phi) is 7.81. The van der Waals surface area contributed by atoms with Gasteiger partial charge >= 0.3 is 11.7 Å². The zero-order valence-corrected chi connectivity index (χ0v) is 16.5. The monoisotopic (exact) mass is 443 g/mol. The molecule has 1 aromatic carbocycles. The number of aliphatic hydroxyl groups excluding tert-OH is 1. The van der Waals surface area contributed by atoms with Gasteiger partial charge in [-0.2, -0.15) is 0 Å². The Balaban J connectivity index is 2.36. The third-order valence-electron chi connectivity index (χ3n) is 4.45. The van der Waals surface area contributed by atoms with Crippen LogP contribution in [0.25, 0.3) is 0 Å². The van der Waals surface area contributed by atoms with Crippen molar-refractivity contribution in [1.82, 2.24) is 9.91 Å². The highest BCUT2D eigenvalue weighted by molar-refractivity contribution is 5.72. The van der Waals surface area contributed by atoms with Gasteiger partial charge in [-0.3, -0.25) is 34.8 Å². The molecular weight excluding hydrogens is 422 g/mol. The molecule has 31 heavy (non-hydrogen) atoms. The van der Waals surface area contributed by atoms with Crippen LogP contribution < -0.4 is 9.74 Å². The molecule has 1 aromatic rings. The highest BCUT2D eigenvalue weighted by Crippen LogP contribution is 2.40. The molecule has 16 nitrogen and oxygen atoms in total. The Morgan fingerprint density at radius 3 is 2.29 bits per heavy atom. The van der Waals surface area contributed by atoms with Crippen molar-refractivity contribution in [3.8, 4) is 5.75 Å². The van der Waals surface area contributed by atoms with Crippen molar-refractivity contribution in [2.24, 2.45) is 5.28 Å². The lowest BCUT2D eigenvalue weighted by molar-refractivity contribution is -0.701. The van der Waals surface area contributed by atoms with Crippen molar-refractivity contribution in [2.45, 2.75) is 0 Å². The van der Waals surface area contributed by atoms with Crippen LogP contribution in [-0.2, 0) is 4.79 Å². The minimum atomic E-state index is -1.000. The van der Waals surface area contributed by atoms with Crippen molar-refractivity contribution < 1.29 is 34.7 Å². The molecule has 0 saturated carbocycles. The molecule has 1 aliphatic rings. The smallest absolute Gasteiger partial charge is 0.321 e. The fourth-order valence-corrected chi connectivity index (χ4v) is 2.87. The summed E-state index contributed by atoms with van der Waals surface area (Å²) in [7, 11) is 1.29. The second-order valence-corrected chi connectivity index (χ2v) is 6.51. The molecule has 0 aromatic heterocycles. The van der Waals surface area contributed by atoms with E-state index >= 15 is 0 Å². The molecule has 0 atom stereocenters. The summed E-state index contributed by atoms with van der Waals surface area (Å²) < 4.78 is 0. The number of nitro benzene ring substituents is 2. The number of aliphatic carboxylic acids is 1. The lowest BCUT2D eigenvalue weighted by atomic mass is 10.2. The van der Waals surface area contributed by atoms with Crippen molar-refractivity contribution in [3.05, 3.63) is 37.6 Å². The number of hydrazine groups is 1. The van der Waals surface area contributed by atoms with Gasteiger partial charge in [0.1, 0.15) is 11.8 Å². The van der Waals surface area contributed by atoms with Crippen LogP contribution in [0, 0.1) is 25.4 Å². The van der Waals surface area contributed by atoms with E-state index in [1.54, 1.807) is 9.80 Å². The normalized spacial score (nSPS) is 14.9. The van der Waals surface area contributed by atoms with Crippen LogP contribution in [0.1, 0.15) is 0 Å². The first-order chi connectivity index (χ1) is 14.6. The molecule has 16 heteroatoms. The van der Waals surface area contributed by atoms with Crippen LogP contribution in [0.5, 0.6) is 5.75 Å². The van der Waals surface area contributed by atoms with E-state index in [9.17, 15) is 30.2 Å². The second-order valence-electron chi connectivity index (χ2n) is 6.51. The number of aliphatic hydroxyl groups is 1. The number of likely N-dealkylation sites (N-methyl/N-ethyl adjacent to an activating group) is 1. The van der Waals surface area contributed by atoms with E-state index in [4.69, 9.17) is 15.1 Å². The summed E-state index contributed by atoms with van der Waals surface area (Å²) in [6, 6.07) is 1.77. The third kappa shape index (κ3) is 6.09. The number of carbonyl (C=O) groups is 1. The number of piperazine rings is 1. The van der Waals surface area contributed by atoms with Crippen molar-refractivity contribution in [1.29, 1.82) is 0 Å². The SMILES string of the molecule is CN(CCO)/[N+]([O-])=N/Oc1cc(N2CCN(CC(=O)O)CC2)c([N+](=O)[O-])cc1[N+](=O)[O-]. The van der Waals surface area contributed by atoms with E-state index in [2.05, 4.69) is 5.28 Å². The number of anilines is 1. The predicted octanol–water partition coefficient (Wildman–Crippen LogP) is -0.195.